The normalized spacial score (nSPS) is 10.3. The number of nitrogens with one attached hydrogen (secondary N) is 1. The monoisotopic (exact) mass is 362 g/mol. The summed E-state index contributed by atoms with van der Waals surface area (Å²) in [6.45, 7) is 4.92. The smallest absolute Gasteiger partial charge is 0.337 e. The minimum Gasteiger partial charge on any atom is -0.465 e. The fraction of sp³-hybridized carbons (Fsp3) is 0.190. The van der Waals surface area contributed by atoms with E-state index in [0.717, 1.165) is 18.1 Å². The number of carbonyl (C=O) groups is 1. The maximum Gasteiger partial charge on any atom is 0.337 e. The highest BCUT2D eigenvalue weighted by Crippen LogP contribution is 2.25. The van der Waals surface area contributed by atoms with Crippen molar-refractivity contribution in [3.05, 3.63) is 71.9 Å². The van der Waals surface area contributed by atoms with E-state index in [1.807, 2.05) is 18.2 Å². The lowest BCUT2D eigenvalue weighted by atomic mass is 10.2. The van der Waals surface area contributed by atoms with Crippen molar-refractivity contribution in [3.8, 4) is 0 Å². The van der Waals surface area contributed by atoms with Crippen LogP contribution in [0.5, 0.6) is 0 Å². The van der Waals surface area contributed by atoms with Gasteiger partial charge in [-0.1, -0.05) is 18.2 Å². The maximum atomic E-state index is 11.7. The Hall–Kier alpha value is -3.41. The van der Waals surface area contributed by atoms with Crippen LogP contribution in [-0.2, 0) is 4.74 Å². The molecule has 0 aliphatic rings. The zero-order chi connectivity index (χ0) is 19.2. The molecule has 6 nitrogen and oxygen atoms in total. The van der Waals surface area contributed by atoms with E-state index in [9.17, 15) is 4.79 Å². The van der Waals surface area contributed by atoms with Gasteiger partial charge in [0.15, 0.2) is 0 Å². The third-order valence-corrected chi connectivity index (χ3v) is 4.09. The van der Waals surface area contributed by atoms with Crippen molar-refractivity contribution in [2.75, 3.05) is 23.9 Å². The van der Waals surface area contributed by atoms with E-state index in [2.05, 4.69) is 52.2 Å². The summed E-state index contributed by atoms with van der Waals surface area (Å²) >= 11 is 0. The number of methoxy groups -OCH3 is 1. The second-order valence-electron chi connectivity index (χ2n) is 6.02. The van der Waals surface area contributed by atoms with Crippen LogP contribution >= 0.6 is 0 Å². The van der Waals surface area contributed by atoms with Crippen LogP contribution in [0.15, 0.2) is 60.8 Å². The first-order valence-electron chi connectivity index (χ1n) is 8.73. The van der Waals surface area contributed by atoms with Crippen LogP contribution in [0.1, 0.15) is 22.8 Å². The first kappa shape index (κ1) is 18.4. The van der Waals surface area contributed by atoms with Crippen molar-refractivity contribution in [1.29, 1.82) is 0 Å². The SMILES string of the molecule is CCN(c1cccc(C)c1)c1ccnc(Nc2cccc(C(=O)OC)c2)n1. The van der Waals surface area contributed by atoms with Gasteiger partial charge < -0.3 is 15.0 Å². The van der Waals surface area contributed by atoms with Crippen molar-refractivity contribution >= 4 is 29.1 Å². The largest absolute Gasteiger partial charge is 0.465 e. The molecule has 0 saturated carbocycles. The molecule has 3 aromatic rings. The molecule has 0 aliphatic heterocycles. The Balaban J connectivity index is 1.86. The van der Waals surface area contributed by atoms with Crippen LogP contribution in [0.4, 0.5) is 23.1 Å². The van der Waals surface area contributed by atoms with Crippen molar-refractivity contribution in [2.24, 2.45) is 0 Å². The molecule has 0 radical (unpaired) electrons. The highest BCUT2D eigenvalue weighted by atomic mass is 16.5. The number of rotatable bonds is 6. The van der Waals surface area contributed by atoms with Crippen LogP contribution in [0.25, 0.3) is 0 Å². The van der Waals surface area contributed by atoms with E-state index in [1.54, 1.807) is 24.4 Å². The zero-order valence-corrected chi connectivity index (χ0v) is 15.6. The van der Waals surface area contributed by atoms with E-state index in [1.165, 1.54) is 12.7 Å². The summed E-state index contributed by atoms with van der Waals surface area (Å²) in [5.74, 6) is 0.871. The van der Waals surface area contributed by atoms with Gasteiger partial charge in [-0.15, -0.1) is 0 Å². The van der Waals surface area contributed by atoms with Gasteiger partial charge in [-0.25, -0.2) is 9.78 Å². The fourth-order valence-electron chi connectivity index (χ4n) is 2.80. The number of esters is 1. The van der Waals surface area contributed by atoms with Gasteiger partial charge in [-0.3, -0.25) is 0 Å². The van der Waals surface area contributed by atoms with Gasteiger partial charge in [0.05, 0.1) is 12.7 Å². The number of aromatic nitrogens is 2. The number of benzene rings is 2. The number of hydrogen-bond acceptors (Lipinski definition) is 6. The number of anilines is 4. The Kier molecular flexibility index (Phi) is 5.66. The van der Waals surface area contributed by atoms with E-state index in [4.69, 9.17) is 4.74 Å². The van der Waals surface area contributed by atoms with Gasteiger partial charge in [0.1, 0.15) is 5.82 Å². The Labute approximate surface area is 158 Å². The average molecular weight is 362 g/mol. The molecular formula is C21H22N4O2. The molecule has 0 unspecified atom stereocenters. The molecule has 3 rings (SSSR count). The van der Waals surface area contributed by atoms with Gasteiger partial charge in [-0.2, -0.15) is 4.98 Å². The van der Waals surface area contributed by atoms with Gasteiger partial charge in [-0.05, 0) is 55.8 Å². The lowest BCUT2D eigenvalue weighted by Gasteiger charge is -2.22. The number of nitrogens with zero attached hydrogens (tertiary/aromatic N) is 3. The molecule has 2 aromatic carbocycles. The Morgan fingerprint density at radius 2 is 1.96 bits per heavy atom. The molecule has 0 aliphatic carbocycles. The number of aryl methyl sites for hydroxylation is 1. The lowest BCUT2D eigenvalue weighted by Crippen LogP contribution is -2.18. The Morgan fingerprint density at radius 3 is 2.70 bits per heavy atom. The molecule has 0 saturated heterocycles. The second kappa shape index (κ2) is 8.31. The topological polar surface area (TPSA) is 67.4 Å². The van der Waals surface area contributed by atoms with Gasteiger partial charge in [0.25, 0.3) is 0 Å². The molecule has 0 spiro atoms. The highest BCUT2D eigenvalue weighted by molar-refractivity contribution is 5.90. The Bertz CT molecular complexity index is 943. The summed E-state index contributed by atoms with van der Waals surface area (Å²) in [4.78, 5) is 22.7. The van der Waals surface area contributed by atoms with E-state index >= 15 is 0 Å². The second-order valence-corrected chi connectivity index (χ2v) is 6.02. The summed E-state index contributed by atoms with van der Waals surface area (Å²) in [6.07, 6.45) is 1.72. The summed E-state index contributed by atoms with van der Waals surface area (Å²) in [6, 6.07) is 17.2. The average Bonchev–Trinajstić information content (AvgIpc) is 2.68. The quantitative estimate of drug-likeness (QED) is 0.653. The predicted molar refractivity (Wildman–Crippen MR) is 107 cm³/mol. The number of ether oxygens (including phenoxy) is 1. The van der Waals surface area contributed by atoms with Crippen LogP contribution in [0.3, 0.4) is 0 Å². The number of hydrogen-bond donors (Lipinski definition) is 1. The first-order chi connectivity index (χ1) is 13.1. The van der Waals surface area contributed by atoms with E-state index < -0.39 is 0 Å². The maximum absolute atomic E-state index is 11.7. The summed E-state index contributed by atoms with van der Waals surface area (Å²) in [5.41, 5.74) is 3.45. The molecule has 1 heterocycles. The molecule has 27 heavy (non-hydrogen) atoms. The Morgan fingerprint density at radius 1 is 1.15 bits per heavy atom. The van der Waals surface area contributed by atoms with Crippen LogP contribution in [0.2, 0.25) is 0 Å². The third-order valence-electron chi connectivity index (χ3n) is 4.09. The molecule has 1 N–H and O–H groups in total. The molecule has 0 atom stereocenters. The summed E-state index contributed by atoms with van der Waals surface area (Å²) in [7, 11) is 1.36. The van der Waals surface area contributed by atoms with Gasteiger partial charge in [0, 0.05) is 24.1 Å². The van der Waals surface area contributed by atoms with Gasteiger partial charge >= 0.3 is 5.97 Å². The number of carbonyl (C=O) groups excluding carboxylic acids is 1. The molecule has 0 amide bonds. The predicted octanol–water partition coefficient (Wildman–Crippen LogP) is 4.47. The standard InChI is InChI=1S/C21H22N4O2/c1-4-25(18-10-5-7-15(2)13-18)19-11-12-22-21(24-19)23-17-9-6-8-16(14-17)20(26)27-3/h5-14H,4H2,1-3H3,(H,22,23,24). The summed E-state index contributed by atoms with van der Waals surface area (Å²) in [5, 5.41) is 3.15. The molecule has 1 aromatic heterocycles. The van der Waals surface area contributed by atoms with Crippen LogP contribution < -0.4 is 10.2 Å². The van der Waals surface area contributed by atoms with Crippen molar-refractivity contribution in [3.63, 3.8) is 0 Å². The highest BCUT2D eigenvalue weighted by Gasteiger charge is 2.11. The minimum atomic E-state index is -0.384. The van der Waals surface area contributed by atoms with E-state index in [-0.39, 0.29) is 5.97 Å². The van der Waals surface area contributed by atoms with Crippen molar-refractivity contribution in [2.45, 2.75) is 13.8 Å². The lowest BCUT2D eigenvalue weighted by molar-refractivity contribution is 0.0601. The molecular weight excluding hydrogens is 340 g/mol. The molecule has 6 heteroatoms. The fourth-order valence-corrected chi connectivity index (χ4v) is 2.80. The van der Waals surface area contributed by atoms with Crippen molar-refractivity contribution < 1.29 is 9.53 Å². The molecule has 138 valence electrons. The van der Waals surface area contributed by atoms with Crippen LogP contribution in [0, 0.1) is 6.92 Å². The molecule has 0 bridgehead atoms. The van der Waals surface area contributed by atoms with Crippen LogP contribution in [-0.4, -0.2) is 29.6 Å². The van der Waals surface area contributed by atoms with Crippen molar-refractivity contribution in [1.82, 2.24) is 9.97 Å². The zero-order valence-electron chi connectivity index (χ0n) is 15.6. The third kappa shape index (κ3) is 4.41. The molecule has 0 fully saturated rings. The van der Waals surface area contributed by atoms with Gasteiger partial charge in [0.2, 0.25) is 5.95 Å². The minimum absolute atomic E-state index is 0.384. The van der Waals surface area contributed by atoms with E-state index in [0.29, 0.717) is 17.2 Å². The summed E-state index contributed by atoms with van der Waals surface area (Å²) < 4.78 is 4.76. The first-order valence-corrected chi connectivity index (χ1v) is 8.73.